The van der Waals surface area contributed by atoms with Crippen LogP contribution >= 0.6 is 0 Å². The topological polar surface area (TPSA) is 55.1 Å². The first-order valence-corrected chi connectivity index (χ1v) is 6.60. The Kier molecular flexibility index (Phi) is 4.35. The van der Waals surface area contributed by atoms with Crippen LogP contribution in [-0.2, 0) is 6.42 Å². The van der Waals surface area contributed by atoms with Crippen LogP contribution in [0.25, 0.3) is 0 Å². The van der Waals surface area contributed by atoms with E-state index in [1.165, 1.54) is 5.56 Å². The maximum absolute atomic E-state index is 12.1. The van der Waals surface area contributed by atoms with Crippen LogP contribution in [0.2, 0.25) is 0 Å². The Morgan fingerprint density at radius 1 is 1.35 bits per heavy atom. The summed E-state index contributed by atoms with van der Waals surface area (Å²) in [5.74, 6) is 0.499. The third-order valence-corrected chi connectivity index (χ3v) is 2.94. The van der Waals surface area contributed by atoms with Crippen LogP contribution in [-0.4, -0.2) is 10.9 Å². The van der Waals surface area contributed by atoms with Crippen molar-refractivity contribution in [1.82, 2.24) is 5.16 Å². The number of carbonyl (C=O) groups excluding carboxylic acids is 1. The number of carbonyl (C=O) groups is 1. The summed E-state index contributed by atoms with van der Waals surface area (Å²) in [6.45, 7) is 5.74. The van der Waals surface area contributed by atoms with Gasteiger partial charge in [-0.25, -0.2) is 0 Å². The molecule has 0 spiro atoms. The van der Waals surface area contributed by atoms with Gasteiger partial charge in [0.05, 0.1) is 5.69 Å². The number of aromatic nitrogens is 1. The number of ketones is 1. The number of hydrogen-bond donors (Lipinski definition) is 1. The predicted octanol–water partition coefficient (Wildman–Crippen LogP) is 3.74. The number of nitrogens with zero attached hydrogens (tertiary/aromatic N) is 1. The molecule has 0 bridgehead atoms. The fourth-order valence-corrected chi connectivity index (χ4v) is 1.84. The van der Waals surface area contributed by atoms with Crippen molar-refractivity contribution in [2.24, 2.45) is 0 Å². The fraction of sp³-hybridized carbons (Fsp3) is 0.250. The highest BCUT2D eigenvalue weighted by molar-refractivity contribution is 6.05. The second-order valence-corrected chi connectivity index (χ2v) is 4.70. The zero-order valence-corrected chi connectivity index (χ0v) is 11.9. The van der Waals surface area contributed by atoms with Crippen molar-refractivity contribution in [3.8, 4) is 0 Å². The predicted molar refractivity (Wildman–Crippen MR) is 78.8 cm³/mol. The van der Waals surface area contributed by atoms with Crippen molar-refractivity contribution in [3.63, 3.8) is 0 Å². The van der Waals surface area contributed by atoms with Gasteiger partial charge in [-0.1, -0.05) is 36.3 Å². The highest BCUT2D eigenvalue weighted by atomic mass is 16.5. The van der Waals surface area contributed by atoms with Crippen molar-refractivity contribution in [2.45, 2.75) is 27.2 Å². The van der Waals surface area contributed by atoms with E-state index in [4.69, 9.17) is 4.52 Å². The molecule has 0 saturated heterocycles. The van der Waals surface area contributed by atoms with Gasteiger partial charge in [0, 0.05) is 23.4 Å². The first-order valence-electron chi connectivity index (χ1n) is 6.60. The van der Waals surface area contributed by atoms with E-state index < -0.39 is 0 Å². The van der Waals surface area contributed by atoms with E-state index in [-0.39, 0.29) is 5.78 Å². The number of hydrogen-bond acceptors (Lipinski definition) is 4. The molecule has 2 rings (SSSR count). The number of benzene rings is 1. The minimum absolute atomic E-state index is 0.0334. The molecular weight excluding hydrogens is 252 g/mol. The first-order chi connectivity index (χ1) is 9.58. The van der Waals surface area contributed by atoms with E-state index in [1.807, 2.05) is 38.1 Å². The third-order valence-electron chi connectivity index (χ3n) is 2.94. The molecule has 0 atom stereocenters. The standard InChI is InChI=1S/C16H18N2O2/c1-4-13-5-7-14(8-6-13)15(19)9-11(2)17-16-10-12(3)18-20-16/h5-10,17H,4H2,1-3H3/b11-9-. The number of nitrogens with one attached hydrogen (secondary N) is 1. The van der Waals surface area contributed by atoms with E-state index in [9.17, 15) is 4.79 Å². The molecule has 0 amide bonds. The van der Waals surface area contributed by atoms with Gasteiger partial charge in [0.2, 0.25) is 5.88 Å². The summed E-state index contributed by atoms with van der Waals surface area (Å²) in [6.07, 6.45) is 2.52. The van der Waals surface area contributed by atoms with Crippen molar-refractivity contribution in [2.75, 3.05) is 5.32 Å². The average Bonchev–Trinajstić information content (AvgIpc) is 2.84. The van der Waals surface area contributed by atoms with Gasteiger partial charge >= 0.3 is 0 Å². The normalized spacial score (nSPS) is 11.4. The van der Waals surface area contributed by atoms with Gasteiger partial charge in [-0.05, 0) is 25.8 Å². The molecule has 20 heavy (non-hydrogen) atoms. The second kappa shape index (κ2) is 6.19. The Labute approximate surface area is 118 Å². The van der Waals surface area contributed by atoms with Crippen molar-refractivity contribution < 1.29 is 9.32 Å². The van der Waals surface area contributed by atoms with Crippen LogP contribution in [0.5, 0.6) is 0 Å². The Balaban J connectivity index is 2.06. The minimum Gasteiger partial charge on any atom is -0.338 e. The lowest BCUT2D eigenvalue weighted by Crippen LogP contribution is -2.01. The van der Waals surface area contributed by atoms with E-state index in [0.717, 1.165) is 12.1 Å². The van der Waals surface area contributed by atoms with E-state index in [0.29, 0.717) is 17.1 Å². The quantitative estimate of drug-likeness (QED) is 0.664. The number of aryl methyl sites for hydroxylation is 2. The molecule has 1 aromatic heterocycles. The summed E-state index contributed by atoms with van der Waals surface area (Å²) < 4.78 is 5.04. The van der Waals surface area contributed by atoms with Crippen molar-refractivity contribution in [1.29, 1.82) is 0 Å². The van der Waals surface area contributed by atoms with Gasteiger partial charge in [-0.3, -0.25) is 4.79 Å². The molecule has 0 aliphatic carbocycles. The van der Waals surface area contributed by atoms with E-state index in [1.54, 1.807) is 12.1 Å². The van der Waals surface area contributed by atoms with E-state index in [2.05, 4.69) is 17.4 Å². The van der Waals surface area contributed by atoms with Crippen LogP contribution in [0, 0.1) is 6.92 Å². The van der Waals surface area contributed by atoms with Gasteiger partial charge < -0.3 is 9.84 Å². The van der Waals surface area contributed by atoms with Crippen molar-refractivity contribution in [3.05, 3.63) is 58.9 Å². The largest absolute Gasteiger partial charge is 0.338 e. The Hall–Kier alpha value is -2.36. The van der Waals surface area contributed by atoms with Crippen LogP contribution in [0.15, 0.2) is 46.6 Å². The Morgan fingerprint density at radius 3 is 2.60 bits per heavy atom. The summed E-state index contributed by atoms with van der Waals surface area (Å²) in [6, 6.07) is 9.43. The maximum Gasteiger partial charge on any atom is 0.229 e. The van der Waals surface area contributed by atoms with Gasteiger partial charge in [-0.15, -0.1) is 0 Å². The SMILES string of the molecule is CCc1ccc(C(=O)/C=C(/C)Nc2cc(C)no2)cc1. The lowest BCUT2D eigenvalue weighted by Gasteiger charge is -2.02. The number of anilines is 1. The molecule has 1 heterocycles. The average molecular weight is 270 g/mol. The Morgan fingerprint density at radius 2 is 2.05 bits per heavy atom. The van der Waals surface area contributed by atoms with Crippen LogP contribution in [0.4, 0.5) is 5.88 Å². The number of rotatable bonds is 5. The smallest absolute Gasteiger partial charge is 0.229 e. The van der Waals surface area contributed by atoms with Gasteiger partial charge in [0.15, 0.2) is 5.78 Å². The molecule has 0 fully saturated rings. The van der Waals surface area contributed by atoms with Crippen LogP contribution in [0.1, 0.15) is 35.5 Å². The summed E-state index contributed by atoms with van der Waals surface area (Å²) in [5, 5.41) is 6.77. The minimum atomic E-state index is -0.0334. The monoisotopic (exact) mass is 270 g/mol. The second-order valence-electron chi connectivity index (χ2n) is 4.70. The van der Waals surface area contributed by atoms with Crippen LogP contribution in [0.3, 0.4) is 0 Å². The summed E-state index contributed by atoms with van der Waals surface area (Å²) in [4.78, 5) is 12.1. The zero-order valence-electron chi connectivity index (χ0n) is 11.9. The lowest BCUT2D eigenvalue weighted by atomic mass is 10.1. The molecule has 1 aromatic carbocycles. The molecule has 0 unspecified atom stereocenters. The highest BCUT2D eigenvalue weighted by Gasteiger charge is 2.05. The molecule has 0 radical (unpaired) electrons. The Bertz CT molecular complexity index is 624. The molecule has 0 saturated carbocycles. The zero-order chi connectivity index (χ0) is 14.5. The molecule has 2 aromatic rings. The summed E-state index contributed by atoms with van der Waals surface area (Å²) in [7, 11) is 0. The molecule has 0 aliphatic rings. The lowest BCUT2D eigenvalue weighted by molar-refractivity contribution is 0.104. The summed E-state index contributed by atoms with van der Waals surface area (Å²) in [5.41, 5.74) is 3.40. The van der Waals surface area contributed by atoms with Crippen LogP contribution < -0.4 is 5.32 Å². The molecule has 104 valence electrons. The highest BCUT2D eigenvalue weighted by Crippen LogP contribution is 2.12. The third kappa shape index (κ3) is 3.57. The first kappa shape index (κ1) is 14.1. The van der Waals surface area contributed by atoms with Gasteiger partial charge in [-0.2, -0.15) is 0 Å². The summed E-state index contributed by atoms with van der Waals surface area (Å²) >= 11 is 0. The number of allylic oxidation sites excluding steroid dienone is 2. The van der Waals surface area contributed by atoms with Crippen molar-refractivity contribution >= 4 is 11.7 Å². The maximum atomic E-state index is 12.1. The molecule has 4 heteroatoms. The molecular formula is C16H18N2O2. The molecule has 0 aliphatic heterocycles. The van der Waals surface area contributed by atoms with Gasteiger partial charge in [0.1, 0.15) is 0 Å². The van der Waals surface area contributed by atoms with Gasteiger partial charge in [0.25, 0.3) is 0 Å². The van der Waals surface area contributed by atoms with E-state index >= 15 is 0 Å². The fourth-order valence-electron chi connectivity index (χ4n) is 1.84. The molecule has 1 N–H and O–H groups in total. The molecule has 4 nitrogen and oxygen atoms in total.